The number of hydrogen-bond donors (Lipinski definition) is 1. The minimum Gasteiger partial charge on any atom is -0.456 e. The Morgan fingerprint density at radius 1 is 0.966 bits per heavy atom. The van der Waals surface area contributed by atoms with E-state index in [2.05, 4.69) is 4.72 Å². The van der Waals surface area contributed by atoms with E-state index in [0.717, 1.165) is 10.9 Å². The van der Waals surface area contributed by atoms with E-state index in [0.29, 0.717) is 33.8 Å². The summed E-state index contributed by atoms with van der Waals surface area (Å²) in [7, 11) is -3.86. The number of halogens is 1. The van der Waals surface area contributed by atoms with Crippen LogP contribution in [0.1, 0.15) is 13.8 Å². The van der Waals surface area contributed by atoms with Crippen molar-refractivity contribution in [3.05, 3.63) is 53.8 Å². The summed E-state index contributed by atoms with van der Waals surface area (Å²) in [6, 6.07) is 12.8. The quantitative estimate of drug-likeness (QED) is 0.434. The van der Waals surface area contributed by atoms with Gasteiger partial charge in [-0.05, 0) is 60.0 Å². The molecule has 2 aromatic carbocycles. The van der Waals surface area contributed by atoms with E-state index in [9.17, 15) is 13.2 Å². The third-order valence-electron chi connectivity index (χ3n) is 4.77. The van der Waals surface area contributed by atoms with Gasteiger partial charge in [-0.25, -0.2) is 13.1 Å². The van der Waals surface area contributed by atoms with Crippen LogP contribution in [0.15, 0.2) is 62.3 Å². The van der Waals surface area contributed by atoms with E-state index in [4.69, 9.17) is 20.4 Å². The molecule has 0 bridgehead atoms. The molecule has 0 fully saturated rings. The van der Waals surface area contributed by atoms with Gasteiger partial charge in [-0.3, -0.25) is 0 Å². The van der Waals surface area contributed by atoms with Crippen LogP contribution >= 0.6 is 11.6 Å². The van der Waals surface area contributed by atoms with Crippen LogP contribution in [0.25, 0.3) is 33.3 Å². The average molecular weight is 432 g/mol. The minimum absolute atomic E-state index is 0.0714. The number of fused-ring (bicyclic) bond motifs is 3. The highest BCUT2D eigenvalue weighted by Crippen LogP contribution is 2.34. The van der Waals surface area contributed by atoms with Crippen LogP contribution in [0.2, 0.25) is 5.22 Å². The Bertz CT molecular complexity index is 1320. The first-order valence-corrected chi connectivity index (χ1v) is 10.8. The fourth-order valence-electron chi connectivity index (χ4n) is 3.11. The molecule has 1 N–H and O–H groups in total. The van der Waals surface area contributed by atoms with Gasteiger partial charge in [-0.2, -0.15) is 0 Å². The van der Waals surface area contributed by atoms with Crippen LogP contribution in [0.4, 0.5) is 0 Å². The first kappa shape index (κ1) is 19.7. The summed E-state index contributed by atoms with van der Waals surface area (Å²) in [6.07, 6.45) is 0.608. The molecule has 0 radical (unpaired) electrons. The molecule has 0 aliphatic heterocycles. The Balaban J connectivity index is 1.77. The molecular weight excluding hydrogens is 414 g/mol. The second kappa shape index (κ2) is 7.33. The number of sulfonamides is 1. The van der Waals surface area contributed by atoms with Crippen molar-refractivity contribution in [1.82, 2.24) is 4.72 Å². The Labute approximate surface area is 172 Å². The SMILES string of the molecule is CC(C)[C@H](C=O)NS(=O)(=O)c1ccc2oc3cc(-c4ccc(Cl)o4)ccc3c2c1. The van der Waals surface area contributed by atoms with Gasteiger partial charge < -0.3 is 13.6 Å². The molecule has 150 valence electrons. The van der Waals surface area contributed by atoms with Gasteiger partial charge in [0.2, 0.25) is 10.0 Å². The molecule has 1 atom stereocenters. The minimum atomic E-state index is -3.86. The van der Waals surface area contributed by atoms with Gasteiger partial charge in [0, 0.05) is 16.3 Å². The summed E-state index contributed by atoms with van der Waals surface area (Å²) in [5, 5.41) is 1.73. The van der Waals surface area contributed by atoms with Gasteiger partial charge in [0.15, 0.2) is 5.22 Å². The molecule has 0 aliphatic rings. The normalized spacial score (nSPS) is 13.4. The highest BCUT2D eigenvalue weighted by atomic mass is 35.5. The maximum Gasteiger partial charge on any atom is 0.241 e. The predicted molar refractivity (Wildman–Crippen MR) is 111 cm³/mol. The van der Waals surface area contributed by atoms with E-state index >= 15 is 0 Å². The molecule has 0 aliphatic carbocycles. The van der Waals surface area contributed by atoms with Crippen molar-refractivity contribution in [2.24, 2.45) is 5.92 Å². The fourth-order valence-corrected chi connectivity index (χ4v) is 4.60. The topological polar surface area (TPSA) is 89.5 Å². The molecule has 0 saturated heterocycles. The third-order valence-corrected chi connectivity index (χ3v) is 6.43. The number of carbonyl (C=O) groups is 1. The number of carbonyl (C=O) groups excluding carboxylic acids is 1. The van der Waals surface area contributed by atoms with Gasteiger partial charge in [0.25, 0.3) is 0 Å². The Kier molecular flexibility index (Phi) is 4.98. The summed E-state index contributed by atoms with van der Waals surface area (Å²) < 4.78 is 39.2. The summed E-state index contributed by atoms with van der Waals surface area (Å²) in [5.41, 5.74) is 1.95. The number of rotatable bonds is 6. The van der Waals surface area contributed by atoms with Crippen molar-refractivity contribution in [2.45, 2.75) is 24.8 Å². The number of nitrogens with one attached hydrogen (secondary N) is 1. The summed E-state index contributed by atoms with van der Waals surface area (Å²) >= 11 is 5.84. The van der Waals surface area contributed by atoms with Crippen LogP contribution < -0.4 is 4.72 Å². The van der Waals surface area contributed by atoms with Crippen LogP contribution in [0.3, 0.4) is 0 Å². The lowest BCUT2D eigenvalue weighted by atomic mass is 10.1. The standard InChI is InChI=1S/C21H18ClNO5S/c1-12(2)17(11-24)23-29(25,26)14-4-6-19-16(10-14)15-5-3-13(9-20(15)27-19)18-7-8-21(22)28-18/h3-12,17,23H,1-2H3/t17-/m0/s1. The number of hydrogen-bond acceptors (Lipinski definition) is 5. The van der Waals surface area contributed by atoms with Gasteiger partial charge in [-0.15, -0.1) is 0 Å². The molecule has 8 heteroatoms. The molecule has 0 amide bonds. The molecular formula is C21H18ClNO5S. The van der Waals surface area contributed by atoms with Gasteiger partial charge in [-0.1, -0.05) is 19.9 Å². The monoisotopic (exact) mass is 431 g/mol. The van der Waals surface area contributed by atoms with Gasteiger partial charge in [0.05, 0.1) is 10.9 Å². The molecule has 0 unspecified atom stereocenters. The van der Waals surface area contributed by atoms with Gasteiger partial charge in [0.1, 0.15) is 23.2 Å². The second-order valence-corrected chi connectivity index (χ2v) is 9.19. The maximum absolute atomic E-state index is 12.7. The Morgan fingerprint density at radius 2 is 1.76 bits per heavy atom. The van der Waals surface area contributed by atoms with Crippen molar-refractivity contribution >= 4 is 49.8 Å². The zero-order valence-corrected chi connectivity index (χ0v) is 17.3. The molecule has 0 saturated carbocycles. The lowest BCUT2D eigenvalue weighted by molar-refractivity contribution is -0.110. The van der Waals surface area contributed by atoms with E-state index in [-0.39, 0.29) is 10.8 Å². The van der Waals surface area contributed by atoms with Crippen LogP contribution in [-0.2, 0) is 14.8 Å². The van der Waals surface area contributed by atoms with E-state index < -0.39 is 16.1 Å². The largest absolute Gasteiger partial charge is 0.456 e. The number of benzene rings is 2. The van der Waals surface area contributed by atoms with Crippen molar-refractivity contribution in [3.8, 4) is 11.3 Å². The number of aldehydes is 1. The zero-order valence-electron chi connectivity index (χ0n) is 15.7. The zero-order chi connectivity index (χ0) is 20.8. The molecule has 2 heterocycles. The van der Waals surface area contributed by atoms with E-state index in [1.807, 2.05) is 18.2 Å². The van der Waals surface area contributed by atoms with E-state index in [1.54, 1.807) is 38.1 Å². The van der Waals surface area contributed by atoms with Crippen molar-refractivity contribution in [2.75, 3.05) is 0 Å². The third kappa shape index (κ3) is 3.69. The lowest BCUT2D eigenvalue weighted by Gasteiger charge is -2.16. The Morgan fingerprint density at radius 3 is 2.41 bits per heavy atom. The highest BCUT2D eigenvalue weighted by molar-refractivity contribution is 7.89. The van der Waals surface area contributed by atoms with E-state index in [1.165, 1.54) is 6.07 Å². The maximum atomic E-state index is 12.7. The Hall–Kier alpha value is -2.61. The highest BCUT2D eigenvalue weighted by Gasteiger charge is 2.23. The van der Waals surface area contributed by atoms with Crippen LogP contribution in [-0.4, -0.2) is 20.7 Å². The first-order valence-electron chi connectivity index (χ1n) is 8.98. The van der Waals surface area contributed by atoms with Crippen molar-refractivity contribution < 1.29 is 22.0 Å². The molecule has 6 nitrogen and oxygen atoms in total. The average Bonchev–Trinajstić information content (AvgIpc) is 3.28. The summed E-state index contributed by atoms with van der Waals surface area (Å²) in [6.45, 7) is 3.55. The summed E-state index contributed by atoms with van der Waals surface area (Å²) in [4.78, 5) is 11.3. The van der Waals surface area contributed by atoms with Crippen molar-refractivity contribution in [3.63, 3.8) is 0 Å². The summed E-state index contributed by atoms with van der Waals surface area (Å²) in [5.74, 6) is 0.452. The molecule has 0 spiro atoms. The second-order valence-electron chi connectivity index (χ2n) is 7.10. The smallest absolute Gasteiger partial charge is 0.241 e. The molecule has 4 rings (SSSR count). The lowest BCUT2D eigenvalue weighted by Crippen LogP contribution is -2.39. The fraction of sp³-hybridized carbons (Fsp3) is 0.190. The van der Waals surface area contributed by atoms with Gasteiger partial charge >= 0.3 is 0 Å². The first-order chi connectivity index (χ1) is 13.8. The molecule has 4 aromatic rings. The van der Waals surface area contributed by atoms with Crippen LogP contribution in [0.5, 0.6) is 0 Å². The van der Waals surface area contributed by atoms with Crippen LogP contribution in [0, 0.1) is 5.92 Å². The molecule has 29 heavy (non-hydrogen) atoms. The predicted octanol–water partition coefficient (Wildman–Crippen LogP) is 5.00. The molecule has 2 aromatic heterocycles. The van der Waals surface area contributed by atoms with Crippen molar-refractivity contribution in [1.29, 1.82) is 0 Å². The number of furan rings is 2.